The van der Waals surface area contributed by atoms with Gasteiger partial charge in [0.2, 0.25) is 0 Å². The molecule has 0 amide bonds. The van der Waals surface area contributed by atoms with Gasteiger partial charge in [-0.2, -0.15) is 11.3 Å². The zero-order valence-electron chi connectivity index (χ0n) is 8.16. The summed E-state index contributed by atoms with van der Waals surface area (Å²) in [5.41, 5.74) is 4.07. The Labute approximate surface area is 84.4 Å². The largest absolute Gasteiger partial charge is 0.376 e. The number of aliphatic hydroxyl groups excluding tert-OH is 1. The van der Waals surface area contributed by atoms with E-state index in [0.29, 0.717) is 0 Å². The standard InChI is InChI=1S/C10H14OSSi/c1-13(2,3)7-5-10(11)9-4-6-12-8-9/h4,6,8,10-11H,1-3H3/t10-/m0/s1. The maximum absolute atomic E-state index is 9.63. The molecule has 0 aliphatic rings. The average Bonchev–Trinajstić information content (AvgIpc) is 2.50. The average molecular weight is 210 g/mol. The lowest BCUT2D eigenvalue weighted by Gasteiger charge is -2.05. The lowest BCUT2D eigenvalue weighted by molar-refractivity contribution is 0.239. The Kier molecular flexibility index (Phi) is 3.31. The van der Waals surface area contributed by atoms with Gasteiger partial charge in [0.25, 0.3) is 0 Å². The van der Waals surface area contributed by atoms with Crippen molar-refractivity contribution in [3.05, 3.63) is 22.4 Å². The zero-order chi connectivity index (χ0) is 9.90. The quantitative estimate of drug-likeness (QED) is 0.558. The van der Waals surface area contributed by atoms with Crippen LogP contribution in [0, 0.1) is 11.5 Å². The molecule has 0 saturated carbocycles. The number of aliphatic hydroxyl groups is 1. The molecular weight excluding hydrogens is 196 g/mol. The van der Waals surface area contributed by atoms with Crippen molar-refractivity contribution in [2.24, 2.45) is 0 Å². The summed E-state index contributed by atoms with van der Waals surface area (Å²) in [7, 11) is -1.35. The first-order valence-electron chi connectivity index (χ1n) is 4.22. The highest BCUT2D eigenvalue weighted by Gasteiger charge is 2.09. The van der Waals surface area contributed by atoms with Gasteiger partial charge < -0.3 is 5.11 Å². The molecule has 0 aliphatic heterocycles. The van der Waals surface area contributed by atoms with E-state index in [1.807, 2.05) is 16.8 Å². The van der Waals surface area contributed by atoms with Gasteiger partial charge in [0.1, 0.15) is 14.2 Å². The van der Waals surface area contributed by atoms with Gasteiger partial charge in [0, 0.05) is 5.56 Å². The van der Waals surface area contributed by atoms with Crippen LogP contribution in [0.25, 0.3) is 0 Å². The molecule has 0 radical (unpaired) electrons. The summed E-state index contributed by atoms with van der Waals surface area (Å²) in [5.74, 6) is 2.90. The lowest BCUT2D eigenvalue weighted by atomic mass is 10.2. The Balaban J connectivity index is 2.69. The van der Waals surface area contributed by atoms with Crippen LogP contribution in [0.5, 0.6) is 0 Å². The highest BCUT2D eigenvalue weighted by molar-refractivity contribution is 7.08. The van der Waals surface area contributed by atoms with Gasteiger partial charge in [-0.3, -0.25) is 0 Å². The van der Waals surface area contributed by atoms with E-state index in [-0.39, 0.29) is 0 Å². The molecule has 1 heterocycles. The number of hydrogen-bond acceptors (Lipinski definition) is 2. The van der Waals surface area contributed by atoms with Gasteiger partial charge in [0.05, 0.1) is 0 Å². The number of thiophene rings is 1. The van der Waals surface area contributed by atoms with Crippen LogP contribution < -0.4 is 0 Å². The van der Waals surface area contributed by atoms with Crippen molar-refractivity contribution in [3.8, 4) is 11.5 Å². The monoisotopic (exact) mass is 210 g/mol. The molecule has 3 heteroatoms. The minimum absolute atomic E-state index is 0.599. The maximum atomic E-state index is 9.63. The summed E-state index contributed by atoms with van der Waals surface area (Å²) in [6.45, 7) is 6.50. The van der Waals surface area contributed by atoms with Gasteiger partial charge in [0.15, 0.2) is 0 Å². The van der Waals surface area contributed by atoms with Crippen molar-refractivity contribution in [1.29, 1.82) is 0 Å². The first kappa shape index (κ1) is 10.5. The second-order valence-electron chi connectivity index (χ2n) is 3.98. The Hall–Kier alpha value is -0.563. The van der Waals surface area contributed by atoms with Gasteiger partial charge in [-0.05, 0) is 16.8 Å². The summed E-state index contributed by atoms with van der Waals surface area (Å²) in [4.78, 5) is 0. The normalized spacial score (nSPS) is 13.2. The van der Waals surface area contributed by atoms with Crippen molar-refractivity contribution in [1.82, 2.24) is 0 Å². The summed E-state index contributed by atoms with van der Waals surface area (Å²) in [5, 5.41) is 13.5. The van der Waals surface area contributed by atoms with Crippen molar-refractivity contribution in [2.75, 3.05) is 0 Å². The molecule has 0 bridgehead atoms. The Bertz CT molecular complexity index is 313. The third-order valence-corrected chi connectivity index (χ3v) is 3.04. The van der Waals surface area contributed by atoms with E-state index in [1.54, 1.807) is 11.3 Å². The molecule has 13 heavy (non-hydrogen) atoms. The van der Waals surface area contributed by atoms with Gasteiger partial charge in [-0.15, -0.1) is 5.54 Å². The number of hydrogen-bond donors (Lipinski definition) is 1. The predicted octanol–water partition coefficient (Wildman–Crippen LogP) is 2.66. The second-order valence-corrected chi connectivity index (χ2v) is 9.51. The molecule has 0 aromatic carbocycles. The molecule has 1 aromatic heterocycles. The molecular formula is C10H14OSSi. The minimum Gasteiger partial charge on any atom is -0.376 e. The van der Waals surface area contributed by atoms with Crippen LogP contribution >= 0.6 is 11.3 Å². The fourth-order valence-corrected chi connectivity index (χ4v) is 2.05. The van der Waals surface area contributed by atoms with Gasteiger partial charge >= 0.3 is 0 Å². The van der Waals surface area contributed by atoms with E-state index >= 15 is 0 Å². The summed E-state index contributed by atoms with van der Waals surface area (Å²) in [6.07, 6.45) is -0.599. The van der Waals surface area contributed by atoms with Crippen LogP contribution in [0.1, 0.15) is 11.7 Å². The van der Waals surface area contributed by atoms with Crippen LogP contribution in [-0.4, -0.2) is 13.2 Å². The predicted molar refractivity (Wildman–Crippen MR) is 60.4 cm³/mol. The third-order valence-electron chi connectivity index (χ3n) is 1.44. The van der Waals surface area contributed by atoms with E-state index in [9.17, 15) is 5.11 Å². The van der Waals surface area contributed by atoms with Crippen molar-refractivity contribution >= 4 is 19.4 Å². The highest BCUT2D eigenvalue weighted by atomic mass is 32.1. The molecule has 0 aliphatic carbocycles. The molecule has 1 rings (SSSR count). The first-order chi connectivity index (χ1) is 5.99. The molecule has 1 nitrogen and oxygen atoms in total. The molecule has 0 unspecified atom stereocenters. The first-order valence-corrected chi connectivity index (χ1v) is 8.66. The topological polar surface area (TPSA) is 20.2 Å². The molecule has 1 N–H and O–H groups in total. The van der Waals surface area contributed by atoms with Crippen LogP contribution in [0.2, 0.25) is 19.6 Å². The van der Waals surface area contributed by atoms with E-state index < -0.39 is 14.2 Å². The van der Waals surface area contributed by atoms with E-state index in [4.69, 9.17) is 0 Å². The summed E-state index contributed by atoms with van der Waals surface area (Å²) in [6, 6.07) is 1.91. The molecule has 0 fully saturated rings. The number of rotatable bonds is 1. The van der Waals surface area contributed by atoms with E-state index in [2.05, 4.69) is 31.1 Å². The molecule has 0 saturated heterocycles. The molecule has 70 valence electrons. The van der Waals surface area contributed by atoms with E-state index in [1.165, 1.54) is 0 Å². The second kappa shape index (κ2) is 4.10. The fraction of sp³-hybridized carbons (Fsp3) is 0.400. The zero-order valence-corrected chi connectivity index (χ0v) is 9.98. The van der Waals surface area contributed by atoms with Crippen LogP contribution in [0.4, 0.5) is 0 Å². The molecule has 0 spiro atoms. The van der Waals surface area contributed by atoms with Gasteiger partial charge in [-0.1, -0.05) is 25.6 Å². The maximum Gasteiger partial charge on any atom is 0.140 e. The summed E-state index contributed by atoms with van der Waals surface area (Å²) < 4.78 is 0. The summed E-state index contributed by atoms with van der Waals surface area (Å²) >= 11 is 1.58. The Morgan fingerprint density at radius 2 is 2.15 bits per heavy atom. The Morgan fingerprint density at radius 1 is 1.46 bits per heavy atom. The third kappa shape index (κ3) is 3.77. The van der Waals surface area contributed by atoms with Gasteiger partial charge in [-0.25, -0.2) is 0 Å². The van der Waals surface area contributed by atoms with E-state index in [0.717, 1.165) is 5.56 Å². The SMILES string of the molecule is C[Si](C)(C)C#C[C@H](O)c1ccsc1. The smallest absolute Gasteiger partial charge is 0.140 e. The van der Waals surface area contributed by atoms with Crippen LogP contribution in [-0.2, 0) is 0 Å². The van der Waals surface area contributed by atoms with Crippen LogP contribution in [0.3, 0.4) is 0 Å². The van der Waals surface area contributed by atoms with Crippen LogP contribution in [0.15, 0.2) is 16.8 Å². The van der Waals surface area contributed by atoms with Crippen molar-refractivity contribution < 1.29 is 5.11 Å². The van der Waals surface area contributed by atoms with Crippen molar-refractivity contribution in [2.45, 2.75) is 25.7 Å². The van der Waals surface area contributed by atoms with Crippen molar-refractivity contribution in [3.63, 3.8) is 0 Å². The highest BCUT2D eigenvalue weighted by Crippen LogP contribution is 2.15. The fourth-order valence-electron chi connectivity index (χ4n) is 0.799. The minimum atomic E-state index is -1.35. The Morgan fingerprint density at radius 3 is 2.62 bits per heavy atom. The molecule has 1 atom stereocenters. The molecule has 1 aromatic rings. The lowest BCUT2D eigenvalue weighted by Crippen LogP contribution is -2.16.